The van der Waals surface area contributed by atoms with Crippen molar-refractivity contribution in [3.63, 3.8) is 0 Å². The van der Waals surface area contributed by atoms with E-state index in [1.54, 1.807) is 0 Å². The number of rotatable bonds is 0. The largest absolute Gasteiger partial charge is 0.392 e. The summed E-state index contributed by atoms with van der Waals surface area (Å²) in [5.41, 5.74) is 0.861. The van der Waals surface area contributed by atoms with E-state index in [2.05, 4.69) is 18.4 Å². The van der Waals surface area contributed by atoms with Gasteiger partial charge < -0.3 is 15.3 Å². The molecule has 9 rings (SSSR count). The van der Waals surface area contributed by atoms with Gasteiger partial charge in [0.25, 0.3) is 0 Å². The highest BCUT2D eigenvalue weighted by atomic mass is 16.3. The molecule has 2 spiro atoms. The molecule has 4 heteroatoms. The predicted octanol–water partition coefficient (Wildman–Crippen LogP) is 1.11. The average Bonchev–Trinajstić information content (AvgIpc) is 2.94. The second-order valence-corrected chi connectivity index (χ2v) is 10.5. The number of nitrogens with zero attached hydrogens (tertiary/aromatic N) is 1. The minimum atomic E-state index is -0.439. The molecule has 3 heterocycles. The molecule has 9 aliphatic rings. The summed E-state index contributed by atoms with van der Waals surface area (Å²) >= 11 is 0. The van der Waals surface area contributed by atoms with Crippen molar-refractivity contribution in [1.29, 1.82) is 0 Å². The Kier molecular flexibility index (Phi) is 1.95. The van der Waals surface area contributed by atoms with Crippen LogP contribution in [0.15, 0.2) is 12.2 Å². The molecule has 24 heavy (non-hydrogen) atoms. The van der Waals surface area contributed by atoms with Crippen molar-refractivity contribution in [3.8, 4) is 0 Å². The highest BCUT2D eigenvalue weighted by molar-refractivity contribution is 5.44. The SMILES string of the molecule is C=C1C2CC3C4N5C6CC3(C1O)C(C2O)C41CCCC(C)(C5O)C61. The van der Waals surface area contributed by atoms with Crippen LogP contribution in [0.1, 0.15) is 39.0 Å². The minimum Gasteiger partial charge on any atom is -0.392 e. The van der Waals surface area contributed by atoms with Crippen molar-refractivity contribution in [3.05, 3.63) is 12.2 Å². The van der Waals surface area contributed by atoms with E-state index in [4.69, 9.17) is 0 Å². The molecule has 0 aromatic heterocycles. The van der Waals surface area contributed by atoms with Gasteiger partial charge in [-0.15, -0.1) is 0 Å². The summed E-state index contributed by atoms with van der Waals surface area (Å²) in [5.74, 6) is 1.24. The van der Waals surface area contributed by atoms with Gasteiger partial charge >= 0.3 is 0 Å². The van der Waals surface area contributed by atoms with Crippen molar-refractivity contribution < 1.29 is 15.3 Å². The Morgan fingerprint density at radius 1 is 1.12 bits per heavy atom. The average molecular weight is 329 g/mol. The fourth-order valence-corrected chi connectivity index (χ4v) is 10.5. The Bertz CT molecular complexity index is 709. The van der Waals surface area contributed by atoms with Gasteiger partial charge in [-0.2, -0.15) is 0 Å². The molecule has 130 valence electrons. The summed E-state index contributed by atoms with van der Waals surface area (Å²) in [4.78, 5) is 2.47. The van der Waals surface area contributed by atoms with Crippen molar-refractivity contribution >= 4 is 0 Å². The summed E-state index contributed by atoms with van der Waals surface area (Å²) in [6.07, 6.45) is 4.30. The maximum Gasteiger partial charge on any atom is 0.113 e. The third-order valence-corrected chi connectivity index (χ3v) is 10.5. The van der Waals surface area contributed by atoms with E-state index < -0.39 is 6.10 Å². The van der Waals surface area contributed by atoms with Crippen LogP contribution in [0.25, 0.3) is 0 Å². The number of fused-ring (bicyclic) bond motifs is 1. The van der Waals surface area contributed by atoms with Gasteiger partial charge in [-0.05, 0) is 48.5 Å². The molecule has 0 radical (unpaired) electrons. The molecule has 13 unspecified atom stereocenters. The fraction of sp³-hybridized carbons (Fsp3) is 0.900. The van der Waals surface area contributed by atoms with Crippen LogP contribution in [0.4, 0.5) is 0 Å². The van der Waals surface area contributed by atoms with Crippen LogP contribution < -0.4 is 0 Å². The molecule has 4 nitrogen and oxygen atoms in total. The maximum absolute atomic E-state index is 11.3. The van der Waals surface area contributed by atoms with Gasteiger partial charge in [0.2, 0.25) is 0 Å². The monoisotopic (exact) mass is 329 g/mol. The third-order valence-electron chi connectivity index (χ3n) is 10.5. The molecular formula is C20H27NO3. The summed E-state index contributed by atoms with van der Waals surface area (Å²) in [7, 11) is 0. The van der Waals surface area contributed by atoms with Crippen LogP contribution >= 0.6 is 0 Å². The Morgan fingerprint density at radius 3 is 2.71 bits per heavy atom. The molecule has 6 aliphatic carbocycles. The number of aliphatic hydroxyl groups is 3. The zero-order valence-electron chi connectivity index (χ0n) is 14.2. The Morgan fingerprint density at radius 2 is 1.92 bits per heavy atom. The second-order valence-electron chi connectivity index (χ2n) is 10.5. The first kappa shape index (κ1) is 13.7. The number of hydrogen-bond acceptors (Lipinski definition) is 4. The predicted molar refractivity (Wildman–Crippen MR) is 86.6 cm³/mol. The smallest absolute Gasteiger partial charge is 0.113 e. The lowest BCUT2D eigenvalue weighted by Gasteiger charge is -2.66. The number of piperidine rings is 2. The standard InChI is InChI=1S/C20H27NO3/c1-8-9-6-10-15-19-5-3-4-18(2)13(19)11(21(15)17(18)24)7-20(10,16(8)23)14(19)12(9)22/h9-17,22-24H,1,3-7H2,2H3. The lowest BCUT2D eigenvalue weighted by Crippen LogP contribution is -2.68. The van der Waals surface area contributed by atoms with Crippen molar-refractivity contribution in [2.45, 2.75) is 69.5 Å². The van der Waals surface area contributed by atoms with Crippen LogP contribution in [0.5, 0.6) is 0 Å². The van der Waals surface area contributed by atoms with Gasteiger partial charge in [0, 0.05) is 34.7 Å². The molecule has 0 aromatic carbocycles. The van der Waals surface area contributed by atoms with E-state index >= 15 is 0 Å². The molecule has 3 N–H and O–H groups in total. The van der Waals surface area contributed by atoms with E-state index in [9.17, 15) is 15.3 Å². The second kappa shape index (κ2) is 3.40. The molecular weight excluding hydrogens is 302 g/mol. The maximum atomic E-state index is 11.3. The van der Waals surface area contributed by atoms with Gasteiger partial charge in [0.15, 0.2) is 0 Å². The number of aliphatic hydroxyl groups excluding tert-OH is 3. The van der Waals surface area contributed by atoms with Crippen LogP contribution in [0, 0.1) is 39.9 Å². The molecule has 3 saturated heterocycles. The van der Waals surface area contributed by atoms with Crippen LogP contribution in [-0.2, 0) is 0 Å². The lowest BCUT2D eigenvalue weighted by molar-refractivity contribution is -0.214. The quantitative estimate of drug-likeness (QED) is 0.583. The summed E-state index contributed by atoms with van der Waals surface area (Å²) < 4.78 is 0. The molecule has 0 aromatic rings. The van der Waals surface area contributed by atoms with Gasteiger partial charge in [0.05, 0.1) is 12.2 Å². The molecule has 9 fully saturated rings. The zero-order chi connectivity index (χ0) is 16.4. The molecule has 13 atom stereocenters. The van der Waals surface area contributed by atoms with Crippen LogP contribution in [0.3, 0.4) is 0 Å². The Labute approximate surface area is 142 Å². The molecule has 0 amide bonds. The van der Waals surface area contributed by atoms with Gasteiger partial charge in [-0.1, -0.05) is 19.9 Å². The van der Waals surface area contributed by atoms with Crippen LogP contribution in [0.2, 0.25) is 0 Å². The van der Waals surface area contributed by atoms with Crippen LogP contribution in [-0.4, -0.2) is 50.7 Å². The Hall–Kier alpha value is -0.420. The van der Waals surface area contributed by atoms with E-state index in [1.165, 1.54) is 6.42 Å². The van der Waals surface area contributed by atoms with E-state index in [1.807, 2.05) is 0 Å². The van der Waals surface area contributed by atoms with E-state index in [0.29, 0.717) is 23.9 Å². The highest BCUT2D eigenvalue weighted by Crippen LogP contribution is 2.87. The fourth-order valence-electron chi connectivity index (χ4n) is 10.5. The van der Waals surface area contributed by atoms with Crippen molar-refractivity contribution in [2.75, 3.05) is 0 Å². The zero-order valence-corrected chi connectivity index (χ0v) is 14.2. The van der Waals surface area contributed by atoms with Crippen molar-refractivity contribution in [2.24, 2.45) is 39.9 Å². The van der Waals surface area contributed by atoms with E-state index in [0.717, 1.165) is 31.3 Å². The Balaban J connectivity index is 1.55. The highest BCUT2D eigenvalue weighted by Gasteiger charge is 2.91. The third kappa shape index (κ3) is 0.903. The number of hydrogen-bond donors (Lipinski definition) is 3. The summed E-state index contributed by atoms with van der Waals surface area (Å²) in [5, 5.41) is 33.8. The molecule has 9 bridgehead atoms. The van der Waals surface area contributed by atoms with Crippen molar-refractivity contribution in [1.82, 2.24) is 4.90 Å². The van der Waals surface area contributed by atoms with E-state index in [-0.39, 0.29) is 40.4 Å². The van der Waals surface area contributed by atoms with Gasteiger partial charge in [-0.3, -0.25) is 4.90 Å². The first-order chi connectivity index (χ1) is 11.4. The van der Waals surface area contributed by atoms with Gasteiger partial charge in [-0.25, -0.2) is 0 Å². The molecule has 6 saturated carbocycles. The first-order valence-corrected chi connectivity index (χ1v) is 9.91. The molecule has 3 aliphatic heterocycles. The summed E-state index contributed by atoms with van der Waals surface area (Å²) in [6.45, 7) is 6.49. The first-order valence-electron chi connectivity index (χ1n) is 9.91. The summed E-state index contributed by atoms with van der Waals surface area (Å²) in [6, 6.07) is 0.795. The normalized spacial score (nSPS) is 76.1. The topological polar surface area (TPSA) is 63.9 Å². The minimum absolute atomic E-state index is 0.0145. The lowest BCUT2D eigenvalue weighted by atomic mass is 9.39. The van der Waals surface area contributed by atoms with Gasteiger partial charge in [0.1, 0.15) is 6.23 Å².